The Labute approximate surface area is 145 Å². The summed E-state index contributed by atoms with van der Waals surface area (Å²) in [5.41, 5.74) is -6.10. The van der Waals surface area contributed by atoms with Crippen molar-refractivity contribution in [3.05, 3.63) is 12.2 Å². The molecule has 1 aliphatic carbocycles. The molecular weight excluding hydrogens is 409 g/mol. The van der Waals surface area contributed by atoms with Gasteiger partial charge in [-0.25, -0.2) is 9.18 Å². The molecule has 0 radical (unpaired) electrons. The van der Waals surface area contributed by atoms with E-state index in [2.05, 4.69) is 11.3 Å². The molecule has 0 saturated heterocycles. The second-order valence-corrected chi connectivity index (χ2v) is 6.05. The Balaban J connectivity index is 3.12. The van der Waals surface area contributed by atoms with Gasteiger partial charge >= 0.3 is 35.6 Å². The van der Waals surface area contributed by atoms with Crippen molar-refractivity contribution in [2.45, 2.75) is 61.5 Å². The number of hydrogen-bond donors (Lipinski definition) is 0. The van der Waals surface area contributed by atoms with Crippen LogP contribution in [0.1, 0.15) is 26.2 Å². The summed E-state index contributed by atoms with van der Waals surface area (Å²) in [6, 6.07) is 0. The first-order valence-electron chi connectivity index (χ1n) is 7.23. The molecule has 0 N–H and O–H groups in total. The summed E-state index contributed by atoms with van der Waals surface area (Å²) in [6.07, 6.45) is -4.17. The number of hydrogen-bond acceptors (Lipinski definition) is 2. The number of unbranched alkanes of at least 4 members (excludes halogenated alkanes) is 1. The summed E-state index contributed by atoms with van der Waals surface area (Å²) in [4.78, 5) is 11.0. The predicted octanol–water partition coefficient (Wildman–Crippen LogP) is 5.17. The summed E-state index contributed by atoms with van der Waals surface area (Å²) in [5, 5.41) is 0. The first-order chi connectivity index (χ1) is 11.8. The summed E-state index contributed by atoms with van der Waals surface area (Å²) in [6.45, 7) is 3.66. The molecule has 0 aromatic rings. The molecule has 0 aromatic heterocycles. The van der Waals surface area contributed by atoms with E-state index in [4.69, 9.17) is 0 Å². The maximum absolute atomic E-state index is 14.3. The highest BCUT2D eigenvalue weighted by Crippen LogP contribution is 2.70. The van der Waals surface area contributed by atoms with E-state index in [1.165, 1.54) is 6.92 Å². The fourth-order valence-electron chi connectivity index (χ4n) is 2.36. The minimum absolute atomic E-state index is 0.121. The zero-order valence-corrected chi connectivity index (χ0v) is 13.5. The van der Waals surface area contributed by atoms with Gasteiger partial charge in [0.2, 0.25) is 5.67 Å². The van der Waals surface area contributed by atoms with Gasteiger partial charge in [-0.3, -0.25) is 0 Å². The van der Waals surface area contributed by atoms with E-state index in [0.717, 1.165) is 0 Å². The highest BCUT2D eigenvalue weighted by Gasteiger charge is 3.00. The highest BCUT2D eigenvalue weighted by atomic mass is 19.4. The first kappa shape index (κ1) is 23.5. The lowest BCUT2D eigenvalue weighted by atomic mass is 9.70. The maximum atomic E-state index is 14.3. The molecule has 2 nitrogen and oxygen atoms in total. The Morgan fingerprint density at radius 2 is 1.11 bits per heavy atom. The van der Waals surface area contributed by atoms with E-state index in [1.54, 1.807) is 0 Å². The van der Waals surface area contributed by atoms with Gasteiger partial charge in [-0.2, -0.15) is 43.9 Å². The zero-order chi connectivity index (χ0) is 21.7. The third kappa shape index (κ3) is 2.87. The molecule has 0 atom stereocenters. The molecule has 0 aliphatic heterocycles. The average molecular weight is 422 g/mol. The van der Waals surface area contributed by atoms with Gasteiger partial charge < -0.3 is 4.74 Å². The number of carbonyl (C=O) groups is 1. The predicted molar refractivity (Wildman–Crippen MR) is 68.2 cm³/mol. The lowest BCUT2D eigenvalue weighted by Crippen LogP contribution is -2.83. The van der Waals surface area contributed by atoms with E-state index in [0.29, 0.717) is 0 Å². The van der Waals surface area contributed by atoms with Crippen LogP contribution in [0.25, 0.3) is 0 Å². The van der Waals surface area contributed by atoms with Crippen LogP contribution in [0.5, 0.6) is 0 Å². The number of ether oxygens (including phenoxy) is 1. The van der Waals surface area contributed by atoms with E-state index in [9.17, 15) is 53.1 Å². The van der Waals surface area contributed by atoms with Gasteiger partial charge in [-0.15, -0.1) is 0 Å². The van der Waals surface area contributed by atoms with Crippen molar-refractivity contribution in [2.75, 3.05) is 6.61 Å². The number of carbonyl (C=O) groups excluding carboxylic acids is 1. The SMILES string of the molecule is C=C(C)C(=O)OCCCCC1(F)C(F)(F)C(F)(F)C(F)(F)C(F)(F)C1(F)F. The van der Waals surface area contributed by atoms with Crippen LogP contribution in [0.3, 0.4) is 0 Å². The van der Waals surface area contributed by atoms with Crippen LogP contribution in [0, 0.1) is 0 Å². The number of rotatable bonds is 6. The molecule has 0 unspecified atom stereocenters. The lowest BCUT2D eigenvalue weighted by molar-refractivity contribution is -0.485. The normalized spacial score (nSPS) is 26.2. The Kier molecular flexibility index (Phi) is 5.66. The molecule has 1 fully saturated rings. The number of esters is 1. The molecule has 0 heterocycles. The van der Waals surface area contributed by atoms with Crippen molar-refractivity contribution in [1.29, 1.82) is 0 Å². The van der Waals surface area contributed by atoms with Crippen LogP contribution in [0.4, 0.5) is 48.3 Å². The fourth-order valence-corrected chi connectivity index (χ4v) is 2.36. The van der Waals surface area contributed by atoms with Crippen LogP contribution >= 0.6 is 0 Å². The largest absolute Gasteiger partial charge is 0.462 e. The first-order valence-corrected chi connectivity index (χ1v) is 7.23. The topological polar surface area (TPSA) is 26.3 Å². The summed E-state index contributed by atoms with van der Waals surface area (Å²) < 4.78 is 152. The molecule has 0 amide bonds. The van der Waals surface area contributed by atoms with Gasteiger partial charge in [-0.05, 0) is 26.2 Å². The van der Waals surface area contributed by atoms with E-state index >= 15 is 0 Å². The van der Waals surface area contributed by atoms with Gasteiger partial charge in [-0.1, -0.05) is 6.58 Å². The molecular formula is C14H13F11O2. The van der Waals surface area contributed by atoms with Crippen molar-refractivity contribution in [2.24, 2.45) is 0 Å². The van der Waals surface area contributed by atoms with E-state index in [1.807, 2.05) is 0 Å². The second-order valence-electron chi connectivity index (χ2n) is 6.05. The van der Waals surface area contributed by atoms with Gasteiger partial charge in [0.15, 0.2) is 0 Å². The maximum Gasteiger partial charge on any atom is 0.384 e. The second kappa shape index (κ2) is 6.50. The summed E-state index contributed by atoms with van der Waals surface area (Å²) >= 11 is 0. The van der Waals surface area contributed by atoms with E-state index < -0.39 is 67.1 Å². The average Bonchev–Trinajstić information content (AvgIpc) is 2.51. The van der Waals surface area contributed by atoms with Crippen LogP contribution < -0.4 is 0 Å². The molecule has 1 rings (SSSR count). The van der Waals surface area contributed by atoms with Gasteiger partial charge in [0, 0.05) is 5.57 Å². The number of alkyl halides is 11. The lowest BCUT2D eigenvalue weighted by Gasteiger charge is -2.52. The van der Waals surface area contributed by atoms with Crippen molar-refractivity contribution >= 4 is 5.97 Å². The monoisotopic (exact) mass is 422 g/mol. The van der Waals surface area contributed by atoms with Crippen LogP contribution in [-0.4, -0.2) is 47.9 Å². The zero-order valence-electron chi connectivity index (χ0n) is 13.5. The highest BCUT2D eigenvalue weighted by molar-refractivity contribution is 5.86. The molecule has 0 spiro atoms. The fraction of sp³-hybridized carbons (Fsp3) is 0.786. The number of halogens is 11. The molecule has 27 heavy (non-hydrogen) atoms. The Morgan fingerprint density at radius 1 is 0.741 bits per heavy atom. The van der Waals surface area contributed by atoms with Crippen LogP contribution in [-0.2, 0) is 9.53 Å². The van der Waals surface area contributed by atoms with E-state index in [-0.39, 0.29) is 5.57 Å². The molecule has 13 heteroatoms. The minimum atomic E-state index is -7.21. The summed E-state index contributed by atoms with van der Waals surface area (Å²) in [5.74, 6) is -36.0. The third-order valence-corrected chi connectivity index (χ3v) is 4.07. The standard InChI is InChI=1S/C14H13F11O2/c1-7(2)8(26)27-6-4-3-5-9(15)10(16,17)12(20,21)14(24,25)13(22,23)11(9,18)19/h1,3-6H2,2H3. The Morgan fingerprint density at radius 3 is 1.48 bits per heavy atom. The van der Waals surface area contributed by atoms with Crippen molar-refractivity contribution in [1.82, 2.24) is 0 Å². The minimum Gasteiger partial charge on any atom is -0.462 e. The molecule has 0 aromatic carbocycles. The van der Waals surface area contributed by atoms with Gasteiger partial charge in [0.1, 0.15) is 0 Å². The smallest absolute Gasteiger partial charge is 0.384 e. The molecule has 158 valence electrons. The van der Waals surface area contributed by atoms with Crippen LogP contribution in [0.2, 0.25) is 0 Å². The van der Waals surface area contributed by atoms with Gasteiger partial charge in [0.25, 0.3) is 0 Å². The molecule has 1 saturated carbocycles. The summed E-state index contributed by atoms with van der Waals surface area (Å²) in [7, 11) is 0. The third-order valence-electron chi connectivity index (χ3n) is 4.07. The quantitative estimate of drug-likeness (QED) is 0.255. The Bertz CT molecular complexity index is 582. The van der Waals surface area contributed by atoms with Gasteiger partial charge in [0.05, 0.1) is 6.61 Å². The molecule has 1 aliphatic rings. The molecule has 0 bridgehead atoms. The van der Waals surface area contributed by atoms with Crippen LogP contribution in [0.15, 0.2) is 12.2 Å². The Hall–Kier alpha value is -1.56. The van der Waals surface area contributed by atoms with Crippen molar-refractivity contribution in [3.63, 3.8) is 0 Å². The van der Waals surface area contributed by atoms with Crippen molar-refractivity contribution in [3.8, 4) is 0 Å². The van der Waals surface area contributed by atoms with Crippen molar-refractivity contribution < 1.29 is 57.8 Å².